The molecule has 0 amide bonds. The van der Waals surface area contributed by atoms with Crippen molar-refractivity contribution in [2.24, 2.45) is 5.73 Å². The van der Waals surface area contributed by atoms with Crippen molar-refractivity contribution < 1.29 is 9.66 Å². The van der Waals surface area contributed by atoms with E-state index in [9.17, 15) is 10.1 Å². The first-order chi connectivity index (χ1) is 9.63. The second-order valence-electron chi connectivity index (χ2n) is 3.86. The molecule has 0 fully saturated rings. The molecule has 0 aliphatic rings. The maximum absolute atomic E-state index is 11.0. The van der Waals surface area contributed by atoms with Crippen LogP contribution in [0.5, 0.6) is 11.6 Å². The van der Waals surface area contributed by atoms with Crippen molar-refractivity contribution in [3.8, 4) is 17.7 Å². The predicted molar refractivity (Wildman–Crippen MR) is 70.0 cm³/mol. The van der Waals surface area contributed by atoms with Crippen LogP contribution in [0.15, 0.2) is 36.5 Å². The number of rotatable bonds is 4. The van der Waals surface area contributed by atoms with Gasteiger partial charge in [0.1, 0.15) is 0 Å². The van der Waals surface area contributed by atoms with E-state index in [1.807, 2.05) is 6.07 Å². The van der Waals surface area contributed by atoms with E-state index in [1.165, 1.54) is 18.3 Å². The van der Waals surface area contributed by atoms with Gasteiger partial charge >= 0.3 is 5.69 Å². The van der Waals surface area contributed by atoms with Gasteiger partial charge in [-0.3, -0.25) is 10.1 Å². The number of nitro groups is 1. The van der Waals surface area contributed by atoms with Gasteiger partial charge < -0.3 is 10.5 Å². The van der Waals surface area contributed by atoms with Gasteiger partial charge in [0, 0.05) is 24.9 Å². The number of aromatic nitrogens is 1. The van der Waals surface area contributed by atoms with Crippen molar-refractivity contribution in [3.63, 3.8) is 0 Å². The van der Waals surface area contributed by atoms with Crippen LogP contribution < -0.4 is 10.5 Å². The molecule has 0 aliphatic carbocycles. The molecule has 0 radical (unpaired) electrons. The summed E-state index contributed by atoms with van der Waals surface area (Å²) < 4.78 is 5.37. The highest BCUT2D eigenvalue weighted by Gasteiger charge is 2.17. The Kier molecular flexibility index (Phi) is 3.88. The zero-order chi connectivity index (χ0) is 14.5. The van der Waals surface area contributed by atoms with E-state index in [4.69, 9.17) is 15.7 Å². The van der Waals surface area contributed by atoms with Crippen LogP contribution in [0.25, 0.3) is 0 Å². The molecule has 2 rings (SSSR count). The van der Waals surface area contributed by atoms with Gasteiger partial charge in [0.05, 0.1) is 16.6 Å². The lowest BCUT2D eigenvalue weighted by atomic mass is 10.2. The highest BCUT2D eigenvalue weighted by molar-refractivity contribution is 5.52. The van der Waals surface area contributed by atoms with Crippen molar-refractivity contribution in [2.45, 2.75) is 6.54 Å². The average molecular weight is 270 g/mol. The monoisotopic (exact) mass is 270 g/mol. The van der Waals surface area contributed by atoms with Crippen LogP contribution in [0.4, 0.5) is 5.69 Å². The number of ether oxygens (including phenoxy) is 1. The van der Waals surface area contributed by atoms with E-state index in [0.717, 1.165) is 11.6 Å². The molecule has 1 aromatic carbocycles. The average Bonchev–Trinajstić information content (AvgIpc) is 2.48. The number of hydrogen-bond acceptors (Lipinski definition) is 6. The zero-order valence-electron chi connectivity index (χ0n) is 10.3. The molecule has 100 valence electrons. The topological polar surface area (TPSA) is 115 Å². The van der Waals surface area contributed by atoms with Crippen molar-refractivity contribution in [2.75, 3.05) is 0 Å². The van der Waals surface area contributed by atoms with Gasteiger partial charge in [-0.2, -0.15) is 5.26 Å². The lowest BCUT2D eigenvalue weighted by Gasteiger charge is -2.06. The summed E-state index contributed by atoms with van der Waals surface area (Å²) in [6.45, 7) is 0.351. The predicted octanol–water partition coefficient (Wildman–Crippen LogP) is 2.11. The quantitative estimate of drug-likeness (QED) is 0.672. The highest BCUT2D eigenvalue weighted by Crippen LogP contribution is 2.31. The standard InChI is InChI=1S/C13H10N4O3/c14-6-9-1-3-12(11(5-9)17(18)19)20-13-4-2-10(7-15)8-16-13/h1-5,8H,7,15H2. The molecule has 0 unspecified atom stereocenters. The third-order valence-corrected chi connectivity index (χ3v) is 2.53. The fraction of sp³-hybridized carbons (Fsp3) is 0.0769. The van der Waals surface area contributed by atoms with Crippen LogP contribution in [0.1, 0.15) is 11.1 Å². The van der Waals surface area contributed by atoms with Crippen LogP contribution in [0.2, 0.25) is 0 Å². The number of hydrogen-bond donors (Lipinski definition) is 1. The molecule has 2 aromatic rings. The molecule has 0 atom stereocenters. The summed E-state index contributed by atoms with van der Waals surface area (Å²) in [5.41, 5.74) is 6.18. The summed E-state index contributed by atoms with van der Waals surface area (Å²) >= 11 is 0. The number of benzene rings is 1. The number of nitriles is 1. The van der Waals surface area contributed by atoms with E-state index >= 15 is 0 Å². The van der Waals surface area contributed by atoms with Gasteiger partial charge in [0.15, 0.2) is 0 Å². The third-order valence-electron chi connectivity index (χ3n) is 2.53. The van der Waals surface area contributed by atoms with E-state index in [-0.39, 0.29) is 22.9 Å². The van der Waals surface area contributed by atoms with Crippen LogP contribution >= 0.6 is 0 Å². The van der Waals surface area contributed by atoms with Gasteiger partial charge in [-0.15, -0.1) is 0 Å². The zero-order valence-corrected chi connectivity index (χ0v) is 10.3. The summed E-state index contributed by atoms with van der Waals surface area (Å²) in [5.74, 6) is 0.247. The van der Waals surface area contributed by atoms with Crippen molar-refractivity contribution in [3.05, 3.63) is 57.8 Å². The Balaban J connectivity index is 2.32. The van der Waals surface area contributed by atoms with E-state index in [1.54, 1.807) is 12.1 Å². The van der Waals surface area contributed by atoms with Gasteiger partial charge in [0.2, 0.25) is 11.6 Å². The summed E-state index contributed by atoms with van der Waals surface area (Å²) in [4.78, 5) is 14.4. The lowest BCUT2D eigenvalue weighted by molar-refractivity contribution is -0.385. The Bertz CT molecular complexity index is 677. The second-order valence-corrected chi connectivity index (χ2v) is 3.86. The summed E-state index contributed by atoms with van der Waals surface area (Å²) in [5, 5.41) is 19.7. The minimum absolute atomic E-state index is 0.0296. The van der Waals surface area contributed by atoms with Crippen molar-refractivity contribution >= 4 is 5.69 Å². The van der Waals surface area contributed by atoms with E-state index in [2.05, 4.69) is 4.98 Å². The van der Waals surface area contributed by atoms with Crippen molar-refractivity contribution in [1.29, 1.82) is 5.26 Å². The molecular formula is C13H10N4O3. The maximum Gasteiger partial charge on any atom is 0.312 e. The Morgan fingerprint density at radius 3 is 2.75 bits per heavy atom. The van der Waals surface area contributed by atoms with Gasteiger partial charge in [-0.1, -0.05) is 6.07 Å². The molecule has 20 heavy (non-hydrogen) atoms. The van der Waals surface area contributed by atoms with E-state index in [0.29, 0.717) is 6.54 Å². The Morgan fingerprint density at radius 2 is 2.20 bits per heavy atom. The van der Waals surface area contributed by atoms with Gasteiger partial charge in [0.25, 0.3) is 0 Å². The summed E-state index contributed by atoms with van der Waals surface area (Å²) in [7, 11) is 0. The highest BCUT2D eigenvalue weighted by atomic mass is 16.6. The van der Waals surface area contributed by atoms with E-state index < -0.39 is 4.92 Å². The van der Waals surface area contributed by atoms with Gasteiger partial charge in [-0.05, 0) is 17.7 Å². The first-order valence-electron chi connectivity index (χ1n) is 5.65. The number of pyridine rings is 1. The smallest absolute Gasteiger partial charge is 0.312 e. The normalized spacial score (nSPS) is 9.80. The Labute approximate surface area is 114 Å². The molecule has 0 spiro atoms. The molecule has 0 bridgehead atoms. The van der Waals surface area contributed by atoms with Crippen LogP contribution in [-0.2, 0) is 6.54 Å². The first kappa shape index (κ1) is 13.5. The second kappa shape index (κ2) is 5.77. The summed E-state index contributed by atoms with van der Waals surface area (Å²) in [6, 6.07) is 9.10. The first-order valence-corrected chi connectivity index (χ1v) is 5.65. The molecule has 1 heterocycles. The van der Waals surface area contributed by atoms with Crippen LogP contribution in [0.3, 0.4) is 0 Å². The fourth-order valence-corrected chi connectivity index (χ4v) is 1.52. The largest absolute Gasteiger partial charge is 0.432 e. The van der Waals surface area contributed by atoms with Gasteiger partial charge in [-0.25, -0.2) is 4.98 Å². The minimum atomic E-state index is -0.607. The maximum atomic E-state index is 11.0. The molecule has 1 aromatic heterocycles. The fourth-order valence-electron chi connectivity index (χ4n) is 1.52. The number of nitro benzene ring substituents is 1. The van der Waals surface area contributed by atoms with Crippen LogP contribution in [0, 0.1) is 21.4 Å². The van der Waals surface area contributed by atoms with Crippen LogP contribution in [-0.4, -0.2) is 9.91 Å². The SMILES string of the molecule is N#Cc1ccc(Oc2ccc(CN)cn2)c([N+](=O)[O-])c1. The Hall–Kier alpha value is -2.98. The molecule has 0 aliphatic heterocycles. The number of nitrogens with zero attached hydrogens (tertiary/aromatic N) is 3. The Morgan fingerprint density at radius 1 is 1.40 bits per heavy atom. The number of nitrogens with two attached hydrogens (primary N) is 1. The lowest BCUT2D eigenvalue weighted by Crippen LogP contribution is -1.98. The molecule has 7 nitrogen and oxygen atoms in total. The molecule has 0 saturated carbocycles. The summed E-state index contributed by atoms with van der Waals surface area (Å²) in [6.07, 6.45) is 1.53. The molecule has 7 heteroatoms. The molecule has 2 N–H and O–H groups in total. The molecular weight excluding hydrogens is 260 g/mol. The minimum Gasteiger partial charge on any atom is -0.432 e. The molecule has 0 saturated heterocycles. The third kappa shape index (κ3) is 2.88. The van der Waals surface area contributed by atoms with Crippen molar-refractivity contribution in [1.82, 2.24) is 4.98 Å².